The lowest BCUT2D eigenvalue weighted by atomic mass is 10.4. The number of aromatic amines is 1. The maximum atomic E-state index is 10.9. The molecule has 2 aromatic rings. The van der Waals surface area contributed by atoms with Gasteiger partial charge < -0.3 is 16.0 Å². The van der Waals surface area contributed by atoms with Gasteiger partial charge in [-0.25, -0.2) is 4.98 Å². The lowest BCUT2D eigenvalue weighted by Gasteiger charge is -2.04. The van der Waals surface area contributed by atoms with Gasteiger partial charge in [0.1, 0.15) is 6.20 Å². The molecule has 0 saturated heterocycles. The van der Waals surface area contributed by atoms with E-state index in [0.29, 0.717) is 5.69 Å². The van der Waals surface area contributed by atoms with Crippen LogP contribution in [-0.4, -0.2) is 19.9 Å². The Hall–Kier alpha value is -2.49. The number of nitrogens with zero attached hydrogens (tertiary/aromatic N) is 3. The fourth-order valence-corrected chi connectivity index (χ4v) is 1.81. The number of rotatable bonds is 4. The zero-order valence-electron chi connectivity index (χ0n) is 8.91. The van der Waals surface area contributed by atoms with Gasteiger partial charge in [-0.05, 0) is 0 Å². The van der Waals surface area contributed by atoms with E-state index >= 15 is 0 Å². The number of anilines is 2. The molecule has 0 saturated carbocycles. The van der Waals surface area contributed by atoms with Crippen molar-refractivity contribution in [3.63, 3.8) is 0 Å². The monoisotopic (exact) mass is 268 g/mol. The van der Waals surface area contributed by atoms with Crippen LogP contribution in [0, 0.1) is 10.1 Å². The summed E-state index contributed by atoms with van der Waals surface area (Å²) in [5, 5.41) is 15.1. The Bertz CT molecular complexity index is 636. The highest BCUT2D eigenvalue weighted by molar-refractivity contribution is 7.07. The van der Waals surface area contributed by atoms with E-state index in [2.05, 4.69) is 20.3 Å². The van der Waals surface area contributed by atoms with Gasteiger partial charge in [0.05, 0.1) is 11.5 Å². The number of nitrogen functional groups attached to an aromatic ring is 1. The van der Waals surface area contributed by atoms with E-state index in [4.69, 9.17) is 5.73 Å². The van der Waals surface area contributed by atoms with Crippen molar-refractivity contribution in [2.45, 2.75) is 6.54 Å². The zero-order valence-corrected chi connectivity index (χ0v) is 9.73. The van der Waals surface area contributed by atoms with Crippen LogP contribution in [0.5, 0.6) is 0 Å². The van der Waals surface area contributed by atoms with Crippen LogP contribution in [0.4, 0.5) is 17.5 Å². The number of nitro groups is 1. The maximum Gasteiger partial charge on any atom is 0.329 e. The molecule has 0 aliphatic heterocycles. The second-order valence-corrected chi connectivity index (χ2v) is 4.09. The number of thiazole rings is 1. The van der Waals surface area contributed by atoms with Crippen molar-refractivity contribution in [3.8, 4) is 0 Å². The third-order valence-corrected chi connectivity index (χ3v) is 2.72. The Morgan fingerprint density at radius 1 is 1.61 bits per heavy atom. The van der Waals surface area contributed by atoms with Crippen molar-refractivity contribution in [2.75, 3.05) is 11.1 Å². The quantitative estimate of drug-likeness (QED) is 0.536. The van der Waals surface area contributed by atoms with Crippen LogP contribution in [0.1, 0.15) is 5.69 Å². The molecule has 0 aliphatic carbocycles. The van der Waals surface area contributed by atoms with Gasteiger partial charge in [-0.1, -0.05) is 11.3 Å². The molecule has 0 spiro atoms. The molecule has 4 N–H and O–H groups in total. The molecule has 0 bridgehead atoms. The normalized spacial score (nSPS) is 10.2. The lowest BCUT2D eigenvalue weighted by Crippen LogP contribution is -2.08. The topological polar surface area (TPSA) is 140 Å². The molecule has 0 aliphatic rings. The molecule has 9 nitrogen and oxygen atoms in total. The number of nitrogens with two attached hydrogens (primary N) is 1. The van der Waals surface area contributed by atoms with Crippen molar-refractivity contribution >= 4 is 28.8 Å². The van der Waals surface area contributed by atoms with Crippen LogP contribution >= 0.6 is 11.3 Å². The summed E-state index contributed by atoms with van der Waals surface area (Å²) >= 11 is 1.01. The third-order valence-electron chi connectivity index (χ3n) is 2.00. The van der Waals surface area contributed by atoms with Crippen LogP contribution in [-0.2, 0) is 6.54 Å². The summed E-state index contributed by atoms with van der Waals surface area (Å²) in [6, 6.07) is 0. The molecule has 0 radical (unpaired) electrons. The van der Waals surface area contributed by atoms with Crippen molar-refractivity contribution in [1.82, 2.24) is 15.0 Å². The minimum atomic E-state index is -0.613. The summed E-state index contributed by atoms with van der Waals surface area (Å²) in [7, 11) is 0. The van der Waals surface area contributed by atoms with E-state index in [-0.39, 0.29) is 28.9 Å². The molecular weight excluding hydrogens is 260 g/mol. The van der Waals surface area contributed by atoms with Crippen molar-refractivity contribution in [2.24, 2.45) is 0 Å². The fraction of sp³-hybridized carbons (Fsp3) is 0.125. The SMILES string of the molecule is Nc1ncc([N+](=O)[O-])c(NCc2csc(=O)[nH]2)n1. The summed E-state index contributed by atoms with van der Waals surface area (Å²) in [5.74, 6) is -0.0542. The second kappa shape index (κ2) is 4.79. The Balaban J connectivity index is 2.20. The van der Waals surface area contributed by atoms with Gasteiger partial charge >= 0.3 is 10.6 Å². The van der Waals surface area contributed by atoms with E-state index < -0.39 is 4.92 Å². The molecule has 0 aromatic carbocycles. The van der Waals surface area contributed by atoms with E-state index in [1.54, 1.807) is 5.38 Å². The molecule has 2 heterocycles. The Labute approximate surface area is 104 Å². The van der Waals surface area contributed by atoms with Gasteiger partial charge in [-0.15, -0.1) is 0 Å². The van der Waals surface area contributed by atoms with Crippen LogP contribution in [0.25, 0.3) is 0 Å². The maximum absolute atomic E-state index is 10.9. The predicted molar refractivity (Wildman–Crippen MR) is 65.4 cm³/mol. The first-order valence-corrected chi connectivity index (χ1v) is 5.61. The van der Waals surface area contributed by atoms with Crippen LogP contribution in [0.2, 0.25) is 0 Å². The number of hydrogen-bond acceptors (Lipinski definition) is 8. The van der Waals surface area contributed by atoms with Crippen LogP contribution in [0.15, 0.2) is 16.4 Å². The standard InChI is InChI=1S/C8H8N6O3S/c9-7-11-2-5(14(16)17)6(13-7)10-1-4-3-18-8(15)12-4/h2-3H,1H2,(H,12,15)(H3,9,10,11,13). The molecule has 2 aromatic heterocycles. The lowest BCUT2D eigenvalue weighted by molar-refractivity contribution is -0.384. The summed E-state index contributed by atoms with van der Waals surface area (Å²) < 4.78 is 0. The molecule has 0 unspecified atom stereocenters. The highest BCUT2D eigenvalue weighted by Crippen LogP contribution is 2.21. The molecule has 10 heteroatoms. The summed E-state index contributed by atoms with van der Waals surface area (Å²) in [4.78, 5) is 30.7. The number of hydrogen-bond donors (Lipinski definition) is 3. The highest BCUT2D eigenvalue weighted by Gasteiger charge is 2.16. The molecule has 0 fully saturated rings. The molecule has 2 rings (SSSR count). The Morgan fingerprint density at radius 3 is 3.00 bits per heavy atom. The van der Waals surface area contributed by atoms with Crippen LogP contribution < -0.4 is 15.9 Å². The summed E-state index contributed by atoms with van der Waals surface area (Å²) in [5.41, 5.74) is 5.69. The molecule has 18 heavy (non-hydrogen) atoms. The second-order valence-electron chi connectivity index (χ2n) is 3.25. The summed E-state index contributed by atoms with van der Waals surface area (Å²) in [6.45, 7) is 0.204. The third kappa shape index (κ3) is 2.60. The average Bonchev–Trinajstić information content (AvgIpc) is 2.72. The van der Waals surface area contributed by atoms with Gasteiger partial charge in [-0.3, -0.25) is 14.9 Å². The van der Waals surface area contributed by atoms with Gasteiger partial charge in [0, 0.05) is 11.1 Å². The van der Waals surface area contributed by atoms with E-state index in [9.17, 15) is 14.9 Å². The van der Waals surface area contributed by atoms with E-state index in [1.807, 2.05) is 0 Å². The van der Waals surface area contributed by atoms with Gasteiger partial charge in [-0.2, -0.15) is 4.98 Å². The van der Waals surface area contributed by atoms with Gasteiger partial charge in [0.2, 0.25) is 11.8 Å². The van der Waals surface area contributed by atoms with Crippen molar-refractivity contribution < 1.29 is 4.92 Å². The fourth-order valence-electron chi connectivity index (χ4n) is 1.23. The largest absolute Gasteiger partial charge is 0.368 e. The van der Waals surface area contributed by atoms with Crippen molar-refractivity contribution in [3.05, 3.63) is 37.1 Å². The highest BCUT2D eigenvalue weighted by atomic mass is 32.1. The Morgan fingerprint density at radius 2 is 2.39 bits per heavy atom. The minimum absolute atomic E-state index is 0.0135. The van der Waals surface area contributed by atoms with E-state index in [0.717, 1.165) is 17.5 Å². The molecular formula is C8H8N6O3S. The minimum Gasteiger partial charge on any atom is -0.368 e. The zero-order chi connectivity index (χ0) is 13.1. The number of H-pyrrole nitrogens is 1. The number of nitrogens with one attached hydrogen (secondary N) is 2. The molecule has 0 atom stereocenters. The van der Waals surface area contributed by atoms with Gasteiger partial charge in [0.15, 0.2) is 0 Å². The average molecular weight is 268 g/mol. The van der Waals surface area contributed by atoms with Crippen LogP contribution in [0.3, 0.4) is 0 Å². The van der Waals surface area contributed by atoms with Gasteiger partial charge in [0.25, 0.3) is 0 Å². The molecule has 0 amide bonds. The van der Waals surface area contributed by atoms with Crippen molar-refractivity contribution in [1.29, 1.82) is 0 Å². The Kier molecular flexibility index (Phi) is 3.19. The first-order chi connectivity index (χ1) is 8.56. The first-order valence-electron chi connectivity index (χ1n) is 4.73. The summed E-state index contributed by atoms with van der Waals surface area (Å²) in [6.07, 6.45) is 1.03. The smallest absolute Gasteiger partial charge is 0.329 e. The predicted octanol–water partition coefficient (Wildman–Crippen LogP) is 0.329. The molecule has 94 valence electrons. The number of aromatic nitrogens is 3. The first kappa shape index (κ1) is 12.0. The van der Waals surface area contributed by atoms with E-state index in [1.165, 1.54) is 0 Å².